The molecular weight excluding hydrogens is 493 g/mol. The Morgan fingerprint density at radius 3 is 2.74 bits per heavy atom. The van der Waals surface area contributed by atoms with Crippen LogP contribution in [-0.2, 0) is 19.6 Å². The van der Waals surface area contributed by atoms with Crippen molar-refractivity contribution in [2.45, 2.75) is 42.7 Å². The van der Waals surface area contributed by atoms with Gasteiger partial charge in [0.2, 0.25) is 15.9 Å². The van der Waals surface area contributed by atoms with Crippen LogP contribution in [0.15, 0.2) is 47.4 Å². The van der Waals surface area contributed by atoms with Crippen molar-refractivity contribution >= 4 is 42.6 Å². The molecule has 1 amide bonds. The summed E-state index contributed by atoms with van der Waals surface area (Å²) in [6.07, 6.45) is 2.54. The number of fused-ring (bicyclic) bond motifs is 1. The minimum Gasteiger partial charge on any atom is -0.497 e. The van der Waals surface area contributed by atoms with Crippen LogP contribution >= 0.6 is 11.3 Å². The summed E-state index contributed by atoms with van der Waals surface area (Å²) in [5.41, 5.74) is 0.589. The third-order valence-corrected chi connectivity index (χ3v) is 9.36. The molecule has 186 valence electrons. The first kappa shape index (κ1) is 24.1. The Morgan fingerprint density at radius 1 is 1.23 bits per heavy atom. The van der Waals surface area contributed by atoms with Crippen molar-refractivity contribution in [3.63, 3.8) is 0 Å². The second-order valence-corrected chi connectivity index (χ2v) is 11.5. The molecule has 35 heavy (non-hydrogen) atoms. The van der Waals surface area contributed by atoms with Gasteiger partial charge in [-0.15, -0.1) is 0 Å². The molecule has 0 aliphatic carbocycles. The highest BCUT2D eigenvalue weighted by molar-refractivity contribution is 7.89. The first-order chi connectivity index (χ1) is 16.9. The number of methoxy groups -OCH3 is 1. The number of nitrogens with zero attached hydrogens (tertiary/aromatic N) is 3. The Balaban J connectivity index is 1.47. The molecule has 3 heterocycles. The van der Waals surface area contributed by atoms with E-state index >= 15 is 0 Å². The molecule has 2 atom stereocenters. The highest BCUT2D eigenvalue weighted by atomic mass is 32.2. The lowest BCUT2D eigenvalue weighted by Gasteiger charge is -2.29. The number of halogens is 1. The fourth-order valence-electron chi connectivity index (χ4n) is 4.59. The van der Waals surface area contributed by atoms with Gasteiger partial charge in [-0.25, -0.2) is 17.8 Å². The predicted octanol–water partition coefficient (Wildman–Crippen LogP) is 3.81. The van der Waals surface area contributed by atoms with Crippen LogP contribution < -0.4 is 9.64 Å². The highest BCUT2D eigenvalue weighted by Gasteiger charge is 2.42. The number of sulfonamides is 1. The average Bonchev–Trinajstić information content (AvgIpc) is 3.62. The minimum absolute atomic E-state index is 0.110. The lowest BCUT2D eigenvalue weighted by atomic mass is 10.2. The fourth-order valence-corrected chi connectivity index (χ4v) is 7.25. The summed E-state index contributed by atoms with van der Waals surface area (Å²) in [4.78, 5) is 20.1. The minimum atomic E-state index is -3.90. The van der Waals surface area contributed by atoms with E-state index in [1.165, 1.54) is 51.9 Å². The van der Waals surface area contributed by atoms with Gasteiger partial charge in [-0.05, 0) is 68.1 Å². The van der Waals surface area contributed by atoms with Crippen LogP contribution in [0.2, 0.25) is 0 Å². The van der Waals surface area contributed by atoms with E-state index in [-0.39, 0.29) is 35.8 Å². The first-order valence-electron chi connectivity index (χ1n) is 11.5. The van der Waals surface area contributed by atoms with E-state index in [1.807, 2.05) is 0 Å². The van der Waals surface area contributed by atoms with Crippen LogP contribution in [0.3, 0.4) is 0 Å². The number of thiazole rings is 1. The van der Waals surface area contributed by atoms with E-state index in [9.17, 15) is 17.6 Å². The van der Waals surface area contributed by atoms with Crippen LogP contribution in [0, 0.1) is 5.82 Å². The van der Waals surface area contributed by atoms with Gasteiger partial charge in [-0.1, -0.05) is 11.3 Å². The summed E-state index contributed by atoms with van der Waals surface area (Å²) in [6, 6.07) is 9.59. The summed E-state index contributed by atoms with van der Waals surface area (Å²) in [7, 11) is -2.39. The van der Waals surface area contributed by atoms with Gasteiger partial charge in [0.1, 0.15) is 17.6 Å². The van der Waals surface area contributed by atoms with Gasteiger partial charge >= 0.3 is 0 Å². The zero-order valence-corrected chi connectivity index (χ0v) is 20.9. The molecule has 0 radical (unpaired) electrons. The molecular formula is C24H26FN3O5S2. The smallest absolute Gasteiger partial charge is 0.247 e. The van der Waals surface area contributed by atoms with Gasteiger partial charge in [0, 0.05) is 13.2 Å². The summed E-state index contributed by atoms with van der Waals surface area (Å²) in [5, 5.41) is 0.416. The number of amides is 1. The molecule has 2 aliphatic rings. The molecule has 0 saturated carbocycles. The van der Waals surface area contributed by atoms with Crippen molar-refractivity contribution in [3.8, 4) is 5.75 Å². The Kier molecular flexibility index (Phi) is 6.75. The van der Waals surface area contributed by atoms with Crippen molar-refractivity contribution in [2.75, 3.05) is 31.7 Å². The quantitative estimate of drug-likeness (QED) is 0.472. The number of hydrogen-bond donors (Lipinski definition) is 0. The van der Waals surface area contributed by atoms with Gasteiger partial charge in [-0.2, -0.15) is 4.31 Å². The normalized spacial score (nSPS) is 21.0. The summed E-state index contributed by atoms with van der Waals surface area (Å²) < 4.78 is 53.5. The molecule has 2 saturated heterocycles. The number of hydrogen-bond acceptors (Lipinski definition) is 7. The van der Waals surface area contributed by atoms with Crippen molar-refractivity contribution in [2.24, 2.45) is 0 Å². The second kappa shape index (κ2) is 9.81. The molecule has 0 N–H and O–H groups in total. The first-order valence-corrected chi connectivity index (χ1v) is 13.8. The number of anilines is 1. The van der Waals surface area contributed by atoms with Gasteiger partial charge in [0.15, 0.2) is 5.13 Å². The van der Waals surface area contributed by atoms with Crippen molar-refractivity contribution in [3.05, 3.63) is 48.3 Å². The average molecular weight is 520 g/mol. The fraction of sp³-hybridized carbons (Fsp3) is 0.417. The van der Waals surface area contributed by atoms with Crippen LogP contribution in [0.5, 0.6) is 5.75 Å². The molecule has 2 aliphatic heterocycles. The lowest BCUT2D eigenvalue weighted by molar-refractivity contribution is -0.122. The van der Waals surface area contributed by atoms with E-state index in [4.69, 9.17) is 9.47 Å². The van der Waals surface area contributed by atoms with Crippen LogP contribution in [0.4, 0.5) is 9.52 Å². The third-order valence-electron chi connectivity index (χ3n) is 6.40. The van der Waals surface area contributed by atoms with Gasteiger partial charge in [0.05, 0.1) is 34.9 Å². The maximum absolute atomic E-state index is 13.9. The van der Waals surface area contributed by atoms with Crippen LogP contribution in [0.1, 0.15) is 25.7 Å². The molecule has 2 aromatic carbocycles. The van der Waals surface area contributed by atoms with Crippen LogP contribution in [0.25, 0.3) is 10.2 Å². The lowest BCUT2D eigenvalue weighted by Crippen LogP contribution is -2.49. The second-order valence-electron chi connectivity index (χ2n) is 8.64. The van der Waals surface area contributed by atoms with E-state index in [2.05, 4.69) is 4.98 Å². The predicted molar refractivity (Wildman–Crippen MR) is 131 cm³/mol. The largest absolute Gasteiger partial charge is 0.497 e. The summed E-state index contributed by atoms with van der Waals surface area (Å²) >= 11 is 1.22. The molecule has 0 spiro atoms. The number of ether oxygens (including phenoxy) is 2. The molecule has 2 fully saturated rings. The Morgan fingerprint density at radius 2 is 2.03 bits per heavy atom. The number of rotatable bonds is 7. The Bertz CT molecular complexity index is 1320. The monoisotopic (exact) mass is 519 g/mol. The molecule has 0 bridgehead atoms. The summed E-state index contributed by atoms with van der Waals surface area (Å²) in [5.74, 6) is -0.167. The molecule has 2 unspecified atom stereocenters. The van der Waals surface area contributed by atoms with E-state index < -0.39 is 16.1 Å². The number of carbonyl (C=O) groups is 1. The maximum Gasteiger partial charge on any atom is 0.247 e. The summed E-state index contributed by atoms with van der Waals surface area (Å²) in [6.45, 7) is 1.15. The number of carbonyl (C=O) groups excluding carboxylic acids is 1. The topological polar surface area (TPSA) is 89.0 Å². The zero-order valence-electron chi connectivity index (χ0n) is 19.2. The molecule has 1 aromatic heterocycles. The highest BCUT2D eigenvalue weighted by Crippen LogP contribution is 2.34. The SMILES string of the molecule is COc1ccc(S(=O)(=O)N2CCCC2C(=O)N(CC2CCCO2)c2nc3ccc(F)cc3s2)cc1. The number of benzene rings is 2. The van der Waals surface area contributed by atoms with Gasteiger partial charge < -0.3 is 9.47 Å². The number of aromatic nitrogens is 1. The molecule has 8 nitrogen and oxygen atoms in total. The molecule has 11 heteroatoms. The van der Waals surface area contributed by atoms with Crippen molar-refractivity contribution < 1.29 is 27.1 Å². The Labute approximate surface area is 207 Å². The van der Waals surface area contributed by atoms with E-state index in [0.717, 1.165) is 12.8 Å². The molecule has 5 rings (SSSR count). The maximum atomic E-state index is 13.9. The van der Waals surface area contributed by atoms with E-state index in [1.54, 1.807) is 18.2 Å². The standard InChI is InChI=1S/C24H26FN3O5S2/c1-32-17-7-9-19(10-8-17)35(30,31)28-12-2-5-21(28)23(29)27(15-18-4-3-13-33-18)24-26-20-11-6-16(25)14-22(20)34-24/h6-11,14,18,21H,2-5,12-13,15H2,1H3. The van der Waals surface area contributed by atoms with Gasteiger partial charge in [0.25, 0.3) is 0 Å². The van der Waals surface area contributed by atoms with Crippen LogP contribution in [-0.4, -0.2) is 62.6 Å². The Hall–Kier alpha value is -2.60. The van der Waals surface area contributed by atoms with Crippen molar-refractivity contribution in [1.29, 1.82) is 0 Å². The van der Waals surface area contributed by atoms with E-state index in [0.29, 0.717) is 40.5 Å². The van der Waals surface area contributed by atoms with Crippen molar-refractivity contribution in [1.82, 2.24) is 9.29 Å². The van der Waals surface area contributed by atoms with Gasteiger partial charge in [-0.3, -0.25) is 9.69 Å². The molecule has 3 aromatic rings. The third kappa shape index (κ3) is 4.77. The zero-order chi connectivity index (χ0) is 24.6.